The van der Waals surface area contributed by atoms with Crippen LogP contribution in [0.3, 0.4) is 0 Å². The van der Waals surface area contributed by atoms with E-state index in [-0.39, 0.29) is 11.5 Å². The van der Waals surface area contributed by atoms with Gasteiger partial charge < -0.3 is 14.6 Å². The van der Waals surface area contributed by atoms with Crippen LogP contribution in [-0.4, -0.2) is 50.7 Å². The Morgan fingerprint density at radius 3 is 2.64 bits per heavy atom. The zero-order valence-corrected chi connectivity index (χ0v) is 22.7. The van der Waals surface area contributed by atoms with Crippen LogP contribution in [-0.2, 0) is 24.9 Å². The smallest absolute Gasteiger partial charge is 0.275 e. The number of pyridine rings is 1. The number of nitrogens with one attached hydrogen (secondary N) is 1. The maximum absolute atomic E-state index is 13.2. The molecule has 10 heteroatoms. The van der Waals surface area contributed by atoms with Crippen LogP contribution >= 0.6 is 0 Å². The fourth-order valence-electron chi connectivity index (χ4n) is 4.19. The molecule has 0 aromatic carbocycles. The number of aryl methyl sites for hydroxylation is 2. The Morgan fingerprint density at radius 1 is 1.08 bits per heavy atom. The van der Waals surface area contributed by atoms with E-state index in [2.05, 4.69) is 40.0 Å². The van der Waals surface area contributed by atoms with Crippen molar-refractivity contribution >= 4 is 25.5 Å². The molecule has 0 radical (unpaired) electrons. The molecular weight excluding hydrogens is 472 g/mol. The molecule has 36 heavy (non-hydrogen) atoms. The number of hydrogen-bond acceptors (Lipinski definition) is 6. The Hall–Kier alpha value is -3.11. The van der Waals surface area contributed by atoms with Gasteiger partial charge in [0, 0.05) is 58.0 Å². The second-order valence-corrected chi connectivity index (χ2v) is 16.3. The molecule has 1 aliphatic heterocycles. The first-order valence-corrected chi connectivity index (χ1v) is 16.4. The zero-order valence-electron chi connectivity index (χ0n) is 21.7. The molecule has 0 unspecified atom stereocenters. The molecule has 0 aliphatic carbocycles. The third-order valence-electron chi connectivity index (χ3n) is 6.24. The van der Waals surface area contributed by atoms with E-state index in [1.54, 1.807) is 30.3 Å². The monoisotopic (exact) mass is 508 g/mol. The minimum Gasteiger partial charge on any atom is -0.361 e. The van der Waals surface area contributed by atoms with Crippen LogP contribution in [0.1, 0.15) is 58.8 Å². The van der Waals surface area contributed by atoms with Crippen molar-refractivity contribution in [3.63, 3.8) is 0 Å². The quantitative estimate of drug-likeness (QED) is 0.387. The van der Waals surface area contributed by atoms with Crippen LogP contribution in [0.5, 0.6) is 0 Å². The SMILES string of the molecule is Cn1cc2c(n1)C(=O)CCCCCCc1cc(ccn1)-c1nc(cn1COCC[Si](C)(C)C)C(=O)N2. The lowest BCUT2D eigenvalue weighted by molar-refractivity contribution is 0.0881. The second-order valence-electron chi connectivity index (χ2n) is 10.7. The minimum absolute atomic E-state index is 0.0643. The first-order chi connectivity index (χ1) is 17.2. The third-order valence-corrected chi connectivity index (χ3v) is 7.94. The molecule has 0 saturated carbocycles. The number of ether oxygens (including phenoxy) is 1. The summed E-state index contributed by atoms with van der Waals surface area (Å²) in [7, 11) is 0.522. The number of carbonyl (C=O) groups is 2. The molecule has 0 atom stereocenters. The maximum Gasteiger partial charge on any atom is 0.275 e. The predicted molar refractivity (Wildman–Crippen MR) is 142 cm³/mol. The summed E-state index contributed by atoms with van der Waals surface area (Å²) in [6, 6.07) is 5.02. The summed E-state index contributed by atoms with van der Waals surface area (Å²) in [4.78, 5) is 35.3. The summed E-state index contributed by atoms with van der Waals surface area (Å²) in [6.45, 7) is 7.91. The van der Waals surface area contributed by atoms with Crippen LogP contribution < -0.4 is 5.32 Å². The molecule has 0 saturated heterocycles. The normalized spacial score (nSPS) is 15.3. The molecule has 1 amide bonds. The molecule has 0 spiro atoms. The fraction of sp³-hybridized carbons (Fsp3) is 0.500. The Labute approximate surface area is 213 Å². The number of fused-ring (bicyclic) bond motifs is 6. The highest BCUT2D eigenvalue weighted by molar-refractivity contribution is 6.76. The van der Waals surface area contributed by atoms with Crippen LogP contribution in [0.4, 0.5) is 5.69 Å². The lowest BCUT2D eigenvalue weighted by Crippen LogP contribution is -2.22. The summed E-state index contributed by atoms with van der Waals surface area (Å²) in [6.07, 6.45) is 10.2. The van der Waals surface area contributed by atoms with E-state index >= 15 is 0 Å². The lowest BCUT2D eigenvalue weighted by atomic mass is 10.0. The summed E-state index contributed by atoms with van der Waals surface area (Å²) in [5, 5.41) is 7.17. The Kier molecular flexibility index (Phi) is 8.15. The van der Waals surface area contributed by atoms with Crippen molar-refractivity contribution in [2.75, 3.05) is 11.9 Å². The van der Waals surface area contributed by atoms with Gasteiger partial charge in [-0.3, -0.25) is 19.3 Å². The van der Waals surface area contributed by atoms with E-state index < -0.39 is 14.0 Å². The average Bonchev–Trinajstić information content (AvgIpc) is 3.41. The summed E-state index contributed by atoms with van der Waals surface area (Å²) >= 11 is 0. The number of anilines is 1. The molecular formula is C26H36N6O3Si. The second kappa shape index (κ2) is 11.3. The number of rotatable bonds is 5. The Morgan fingerprint density at radius 2 is 1.86 bits per heavy atom. The molecule has 3 aromatic heterocycles. The molecule has 192 valence electrons. The summed E-state index contributed by atoms with van der Waals surface area (Å²) < 4.78 is 9.42. The van der Waals surface area contributed by atoms with Crippen molar-refractivity contribution in [2.24, 2.45) is 7.05 Å². The van der Waals surface area contributed by atoms with Crippen molar-refractivity contribution in [2.45, 2.75) is 70.9 Å². The van der Waals surface area contributed by atoms with Crippen molar-refractivity contribution in [3.8, 4) is 11.4 Å². The number of amides is 1. The topological polar surface area (TPSA) is 104 Å². The number of hydrogen-bond donors (Lipinski definition) is 1. The minimum atomic E-state index is -1.22. The van der Waals surface area contributed by atoms with E-state index in [0.717, 1.165) is 49.4 Å². The van der Waals surface area contributed by atoms with Gasteiger partial charge in [-0.25, -0.2) is 4.98 Å². The zero-order chi connectivity index (χ0) is 25.7. The van der Waals surface area contributed by atoms with Crippen LogP contribution in [0.25, 0.3) is 11.4 Å². The highest BCUT2D eigenvalue weighted by Crippen LogP contribution is 2.23. The van der Waals surface area contributed by atoms with Gasteiger partial charge in [-0.15, -0.1) is 0 Å². The molecule has 4 rings (SSSR count). The molecule has 1 aliphatic rings. The number of nitrogens with zero attached hydrogens (tertiary/aromatic N) is 5. The van der Waals surface area contributed by atoms with Crippen molar-refractivity contribution in [1.29, 1.82) is 0 Å². The van der Waals surface area contributed by atoms with Gasteiger partial charge in [0.05, 0.1) is 5.69 Å². The molecule has 9 nitrogen and oxygen atoms in total. The molecule has 3 aromatic rings. The molecule has 1 N–H and O–H groups in total. The van der Waals surface area contributed by atoms with Crippen LogP contribution in [0, 0.1) is 0 Å². The Bertz CT molecular complexity index is 1230. The lowest BCUT2D eigenvalue weighted by Gasteiger charge is -2.16. The van der Waals surface area contributed by atoms with Gasteiger partial charge in [-0.2, -0.15) is 5.10 Å². The van der Waals surface area contributed by atoms with Crippen LogP contribution in [0.15, 0.2) is 30.7 Å². The summed E-state index contributed by atoms with van der Waals surface area (Å²) in [5.74, 6) is 0.201. The first-order valence-electron chi connectivity index (χ1n) is 12.7. The largest absolute Gasteiger partial charge is 0.361 e. The van der Waals surface area contributed by atoms with Crippen molar-refractivity contribution in [1.82, 2.24) is 24.3 Å². The molecule has 0 fully saturated rings. The van der Waals surface area contributed by atoms with Gasteiger partial charge in [-0.05, 0) is 37.4 Å². The van der Waals surface area contributed by atoms with Gasteiger partial charge in [0.1, 0.15) is 18.2 Å². The first kappa shape index (κ1) is 26.0. The number of imidazole rings is 1. The fourth-order valence-corrected chi connectivity index (χ4v) is 4.94. The molecule has 4 bridgehead atoms. The molecule has 4 heterocycles. The van der Waals surface area contributed by atoms with E-state index in [1.807, 2.05) is 16.7 Å². The van der Waals surface area contributed by atoms with Gasteiger partial charge in [0.2, 0.25) is 0 Å². The van der Waals surface area contributed by atoms with Gasteiger partial charge in [-0.1, -0.05) is 32.5 Å². The number of aromatic nitrogens is 5. The predicted octanol–water partition coefficient (Wildman–Crippen LogP) is 4.93. The maximum atomic E-state index is 13.2. The highest BCUT2D eigenvalue weighted by Gasteiger charge is 2.22. The van der Waals surface area contributed by atoms with E-state index in [0.29, 0.717) is 37.0 Å². The van der Waals surface area contributed by atoms with E-state index in [9.17, 15) is 9.59 Å². The van der Waals surface area contributed by atoms with E-state index in [4.69, 9.17) is 4.74 Å². The number of ketones is 1. The third kappa shape index (κ3) is 6.76. The average molecular weight is 509 g/mol. The number of Topliss-reactive ketones (excluding diaryl/α,β-unsaturated/α-hetero) is 1. The van der Waals surface area contributed by atoms with Gasteiger partial charge >= 0.3 is 0 Å². The standard InChI is InChI=1S/C26H36N6O3Si/c1-31-16-21-24(30-31)23(33)10-8-6-5-7-9-20-15-19(11-12-27-20)25-28-22(26(34)29-21)17-32(25)18-35-13-14-36(2,3)4/h11-12,15-17H,5-10,13-14,18H2,1-4H3,(H,29,34). The van der Waals surface area contributed by atoms with Gasteiger partial charge in [0.25, 0.3) is 5.91 Å². The van der Waals surface area contributed by atoms with Crippen LogP contribution in [0.2, 0.25) is 25.7 Å². The highest BCUT2D eigenvalue weighted by atomic mass is 28.3. The summed E-state index contributed by atoms with van der Waals surface area (Å²) in [5.41, 5.74) is 2.84. The van der Waals surface area contributed by atoms with E-state index in [1.165, 1.54) is 0 Å². The Balaban J connectivity index is 1.66. The van der Waals surface area contributed by atoms with Gasteiger partial charge in [0.15, 0.2) is 11.5 Å². The number of carbonyl (C=O) groups excluding carboxylic acids is 2. The van der Waals surface area contributed by atoms with Crippen molar-refractivity contribution < 1.29 is 14.3 Å². The van der Waals surface area contributed by atoms with Crippen molar-refractivity contribution in [3.05, 3.63) is 47.8 Å².